The summed E-state index contributed by atoms with van der Waals surface area (Å²) in [6.45, 7) is 4.86. The molecule has 0 aliphatic heterocycles. The highest BCUT2D eigenvalue weighted by molar-refractivity contribution is 7.99. The van der Waals surface area contributed by atoms with E-state index in [2.05, 4.69) is 15.4 Å². The van der Waals surface area contributed by atoms with Gasteiger partial charge in [-0.25, -0.2) is 0 Å². The molecule has 0 bridgehead atoms. The van der Waals surface area contributed by atoms with Gasteiger partial charge in [0.2, 0.25) is 16.8 Å². The minimum absolute atomic E-state index is 0.0444. The molecule has 0 aliphatic carbocycles. The number of amides is 2. The maximum atomic E-state index is 12.7. The molecule has 214 valence electrons. The molecule has 13 nitrogen and oxygen atoms in total. The van der Waals surface area contributed by atoms with E-state index >= 15 is 0 Å². The number of pyridine rings is 1. The summed E-state index contributed by atoms with van der Waals surface area (Å²) in [5.74, 6) is -1.87. The minimum Gasteiger partial charge on any atom is -0.491 e. The van der Waals surface area contributed by atoms with Gasteiger partial charge in [-0.3, -0.25) is 19.2 Å². The van der Waals surface area contributed by atoms with E-state index in [0.717, 1.165) is 5.03 Å². The molecule has 0 radical (unpaired) electrons. The third kappa shape index (κ3) is 14.7. The van der Waals surface area contributed by atoms with Crippen molar-refractivity contribution in [1.29, 1.82) is 0 Å². The van der Waals surface area contributed by atoms with Crippen molar-refractivity contribution in [2.75, 3.05) is 59.0 Å². The molecule has 0 spiro atoms. The van der Waals surface area contributed by atoms with E-state index in [1.807, 2.05) is 29.8 Å². The first kappa shape index (κ1) is 33.1. The van der Waals surface area contributed by atoms with Gasteiger partial charge in [0.1, 0.15) is 31.5 Å². The van der Waals surface area contributed by atoms with Crippen LogP contribution in [-0.2, 0) is 39.9 Å². The third-order valence-electron chi connectivity index (χ3n) is 4.92. The number of carbonyl (C=O) groups is 4. The summed E-state index contributed by atoms with van der Waals surface area (Å²) in [4.78, 5) is 47.2. The summed E-state index contributed by atoms with van der Waals surface area (Å²) in [6.07, 6.45) is 1.80. The summed E-state index contributed by atoms with van der Waals surface area (Å²) >= 11 is 1.33. The van der Waals surface area contributed by atoms with Gasteiger partial charge in [0.05, 0.1) is 39.6 Å². The number of aryl methyl sites for hydroxylation is 1. The molecular weight excluding hydrogens is 520 g/mol. The first-order valence-corrected chi connectivity index (χ1v) is 13.3. The van der Waals surface area contributed by atoms with Gasteiger partial charge in [-0.15, -0.1) is 0 Å². The number of nitrogens with zero attached hydrogens (tertiary/aromatic N) is 1. The van der Waals surface area contributed by atoms with Crippen molar-refractivity contribution >= 4 is 35.5 Å². The fourth-order valence-electron chi connectivity index (χ4n) is 2.96. The van der Waals surface area contributed by atoms with Gasteiger partial charge in [-0.05, 0) is 13.3 Å². The van der Waals surface area contributed by atoms with Crippen molar-refractivity contribution in [3.05, 3.63) is 18.3 Å². The van der Waals surface area contributed by atoms with Gasteiger partial charge < -0.3 is 40.4 Å². The lowest BCUT2D eigenvalue weighted by Gasteiger charge is -2.17. The number of hydrogen-bond donors (Lipinski definition) is 4. The molecule has 5 N–H and O–H groups in total. The van der Waals surface area contributed by atoms with Crippen LogP contribution in [0.3, 0.4) is 0 Å². The van der Waals surface area contributed by atoms with E-state index < -0.39 is 29.8 Å². The molecule has 0 aromatic carbocycles. The quantitative estimate of drug-likeness (QED) is 0.0659. The van der Waals surface area contributed by atoms with Crippen molar-refractivity contribution in [1.82, 2.24) is 10.6 Å². The Hall–Kier alpha value is -2.94. The molecule has 0 aliphatic rings. The lowest BCUT2D eigenvalue weighted by Crippen LogP contribution is -2.49. The first-order chi connectivity index (χ1) is 18.3. The fraction of sp³-hybridized carbons (Fsp3) is 0.625. The Labute approximate surface area is 226 Å². The second kappa shape index (κ2) is 20.1. The molecule has 1 unspecified atom stereocenters. The van der Waals surface area contributed by atoms with E-state index in [4.69, 9.17) is 25.1 Å². The molecule has 1 aromatic heterocycles. The number of methoxy groups -OCH3 is 1. The number of aromatic nitrogens is 1. The Morgan fingerprint density at radius 1 is 1.11 bits per heavy atom. The average molecular weight is 560 g/mol. The highest BCUT2D eigenvalue weighted by Crippen LogP contribution is 2.20. The smallest absolute Gasteiger partial charge is 0.325 e. The van der Waals surface area contributed by atoms with Crippen LogP contribution >= 0.6 is 11.8 Å². The van der Waals surface area contributed by atoms with Crippen LogP contribution in [0.5, 0.6) is 5.75 Å². The maximum absolute atomic E-state index is 12.7. The number of nitrogens with one attached hydrogen (secondary N) is 2. The second-order valence-corrected chi connectivity index (χ2v) is 8.86. The van der Waals surface area contributed by atoms with Crippen LogP contribution in [0.4, 0.5) is 0 Å². The van der Waals surface area contributed by atoms with Crippen molar-refractivity contribution in [3.63, 3.8) is 0 Å². The van der Waals surface area contributed by atoms with Crippen LogP contribution in [0.25, 0.3) is 0 Å². The van der Waals surface area contributed by atoms with E-state index in [0.29, 0.717) is 51.9 Å². The van der Waals surface area contributed by atoms with Crippen molar-refractivity contribution in [2.24, 2.45) is 5.73 Å². The number of thioether (sulfide) groups is 1. The number of rotatable bonds is 21. The Morgan fingerprint density at radius 3 is 2.47 bits per heavy atom. The SMILES string of the molecule is CC[n+]1ccc(OCCOCCOCCN)cc1SCC(NC(=O)CCCC(=O)O)C(=O)NCC(=O)OC. The summed E-state index contributed by atoms with van der Waals surface area (Å²) in [6, 6.07) is 2.69. The number of carbonyl (C=O) groups excluding carboxylic acids is 3. The van der Waals surface area contributed by atoms with Crippen LogP contribution in [0, 0.1) is 0 Å². The minimum atomic E-state index is -1.00. The van der Waals surface area contributed by atoms with E-state index in [1.54, 1.807) is 0 Å². The van der Waals surface area contributed by atoms with Crippen molar-refractivity contribution in [2.45, 2.75) is 43.8 Å². The Bertz CT molecular complexity index is 888. The Morgan fingerprint density at radius 2 is 1.82 bits per heavy atom. The van der Waals surface area contributed by atoms with Gasteiger partial charge in [-0.2, -0.15) is 4.57 Å². The Kier molecular flexibility index (Phi) is 17.5. The molecular formula is C24H39N4O9S+. The lowest BCUT2D eigenvalue weighted by molar-refractivity contribution is -0.729. The highest BCUT2D eigenvalue weighted by Gasteiger charge is 2.24. The number of nitrogens with two attached hydrogens (primary N) is 1. The van der Waals surface area contributed by atoms with Crippen LogP contribution in [0.1, 0.15) is 26.2 Å². The fourth-order valence-corrected chi connectivity index (χ4v) is 4.09. The molecule has 0 saturated heterocycles. The molecule has 0 saturated carbocycles. The summed E-state index contributed by atoms with van der Waals surface area (Å²) < 4.78 is 23.0. The van der Waals surface area contributed by atoms with Crippen molar-refractivity contribution < 1.29 is 47.8 Å². The number of esters is 1. The van der Waals surface area contributed by atoms with Gasteiger partial charge in [0.15, 0.2) is 6.20 Å². The van der Waals surface area contributed by atoms with Gasteiger partial charge >= 0.3 is 11.9 Å². The van der Waals surface area contributed by atoms with Gasteiger partial charge in [0.25, 0.3) is 0 Å². The third-order valence-corrected chi connectivity index (χ3v) is 6.07. The molecule has 1 heterocycles. The number of hydrogen-bond acceptors (Lipinski definition) is 10. The van der Waals surface area contributed by atoms with Gasteiger partial charge in [0, 0.05) is 31.2 Å². The Balaban J connectivity index is 2.74. The molecule has 1 aromatic rings. The standard InChI is InChI=1S/C24H38N4O9S/c1-3-28-9-7-18(37-14-13-36-12-11-35-10-8-25)15-21(28)38-17-19(24(33)26-16-23(32)34-2)27-20(29)5-4-6-22(30)31/h7,9,15,19H,3-6,8,10-14,16-17,25H2,1-2H3,(H2-,26,27,29,30,31,33)/p+1. The molecule has 1 rings (SSSR count). The summed E-state index contributed by atoms with van der Waals surface area (Å²) in [5, 5.41) is 14.7. The zero-order valence-corrected chi connectivity index (χ0v) is 22.8. The number of carboxylic acid groups (broad SMARTS) is 1. The van der Waals surface area contributed by atoms with Crippen molar-refractivity contribution in [3.8, 4) is 5.75 Å². The van der Waals surface area contributed by atoms with E-state index in [1.165, 1.54) is 18.9 Å². The van der Waals surface area contributed by atoms with Crippen LogP contribution < -0.4 is 25.7 Å². The summed E-state index contributed by atoms with van der Waals surface area (Å²) in [7, 11) is 1.20. The van der Waals surface area contributed by atoms with Crippen LogP contribution in [-0.4, -0.2) is 93.9 Å². The predicted molar refractivity (Wildman–Crippen MR) is 138 cm³/mol. The molecule has 38 heavy (non-hydrogen) atoms. The number of aliphatic carboxylic acids is 1. The normalized spacial score (nSPS) is 11.4. The molecule has 2 amide bonds. The van der Waals surface area contributed by atoms with Crippen LogP contribution in [0.15, 0.2) is 23.4 Å². The monoisotopic (exact) mass is 559 g/mol. The molecule has 14 heteroatoms. The van der Waals surface area contributed by atoms with Crippen LogP contribution in [0.2, 0.25) is 0 Å². The average Bonchev–Trinajstić information content (AvgIpc) is 2.90. The molecule has 1 atom stereocenters. The second-order valence-electron chi connectivity index (χ2n) is 7.82. The highest BCUT2D eigenvalue weighted by atomic mass is 32.2. The van der Waals surface area contributed by atoms with E-state index in [9.17, 15) is 19.2 Å². The predicted octanol–water partition coefficient (Wildman–Crippen LogP) is -0.514. The molecule has 0 fully saturated rings. The zero-order valence-electron chi connectivity index (χ0n) is 21.9. The summed E-state index contributed by atoms with van der Waals surface area (Å²) in [5.41, 5.74) is 5.36. The maximum Gasteiger partial charge on any atom is 0.325 e. The van der Waals surface area contributed by atoms with E-state index in [-0.39, 0.29) is 31.6 Å². The number of carboxylic acids is 1. The van der Waals surface area contributed by atoms with Gasteiger partial charge in [-0.1, -0.05) is 11.8 Å². The lowest BCUT2D eigenvalue weighted by atomic mass is 10.2. The first-order valence-electron chi connectivity index (χ1n) is 12.3. The largest absolute Gasteiger partial charge is 0.491 e. The number of ether oxygens (including phenoxy) is 4. The topological polar surface area (TPSA) is 179 Å². The zero-order chi connectivity index (χ0) is 28.2.